The molecule has 0 atom stereocenters. The van der Waals surface area contributed by atoms with E-state index in [-0.39, 0.29) is 22.2 Å². The van der Waals surface area contributed by atoms with Gasteiger partial charge in [0.05, 0.1) is 53.4 Å². The van der Waals surface area contributed by atoms with Crippen LogP contribution in [0.1, 0.15) is 101 Å². The molecule has 0 aromatic rings. The summed E-state index contributed by atoms with van der Waals surface area (Å²) in [6.45, 7) is 23.6. The van der Waals surface area contributed by atoms with Gasteiger partial charge < -0.3 is 19.4 Å². The van der Waals surface area contributed by atoms with Gasteiger partial charge in [-0.3, -0.25) is 0 Å². The van der Waals surface area contributed by atoms with Gasteiger partial charge in [0.1, 0.15) is 0 Å². The van der Waals surface area contributed by atoms with Crippen LogP contribution in [0.25, 0.3) is 0 Å². The maximum atomic E-state index is 10.7. The van der Waals surface area contributed by atoms with Crippen LogP contribution in [0.2, 0.25) is 0 Å². The van der Waals surface area contributed by atoms with Crippen LogP contribution in [0.15, 0.2) is 0 Å². The highest BCUT2D eigenvalue weighted by Gasteiger charge is 2.51. The van der Waals surface area contributed by atoms with Crippen molar-refractivity contribution in [2.24, 2.45) is 0 Å². The first kappa shape index (κ1) is 30.8. The van der Waals surface area contributed by atoms with Crippen LogP contribution in [-0.4, -0.2) is 105 Å². The number of nitrogens with zero attached hydrogens (tertiary/aromatic N) is 4. The molecule has 6 heteroatoms. The molecule has 198 valence electrons. The normalized spacial score (nSPS) is 26.5. The van der Waals surface area contributed by atoms with Crippen molar-refractivity contribution in [1.82, 2.24) is 10.1 Å². The number of quaternary nitrogens is 2. The van der Waals surface area contributed by atoms with E-state index in [4.69, 9.17) is 0 Å². The first-order valence-electron chi connectivity index (χ1n) is 13.3. The van der Waals surface area contributed by atoms with Gasteiger partial charge in [-0.25, -0.2) is 0 Å². The molecule has 0 saturated carbocycles. The van der Waals surface area contributed by atoms with Crippen molar-refractivity contribution in [2.75, 3.05) is 41.3 Å². The van der Waals surface area contributed by atoms with Crippen molar-refractivity contribution in [3.05, 3.63) is 0 Å². The Hall–Kier alpha value is -0.240. The molecule has 0 aliphatic carbocycles. The lowest BCUT2D eigenvalue weighted by atomic mass is 9.77. The number of hydrogen-bond donors (Lipinski definition) is 2. The second kappa shape index (κ2) is 10.0. The Morgan fingerprint density at radius 3 is 1.00 bits per heavy atom. The molecule has 0 bridgehead atoms. The number of hydroxylamine groups is 4. The van der Waals surface area contributed by atoms with Gasteiger partial charge in [-0.15, -0.1) is 0 Å². The van der Waals surface area contributed by atoms with E-state index in [1.165, 1.54) is 6.42 Å². The standard InChI is InChI=1S/C25H54N4O2.C2H6/c1-22(2)16-20(17-23(3,4)26(22)30)28(9,10)14-13-15-29(11,12)21-18-24(5,6)27(31)25(7,8)19-21;1-2/h20-21,30-31H,13-19H2,1-12H3;1-2H3/q+2;. The van der Waals surface area contributed by atoms with E-state index in [9.17, 15) is 10.4 Å². The molecular formula is C27H60N4O2+2. The maximum absolute atomic E-state index is 10.7. The summed E-state index contributed by atoms with van der Waals surface area (Å²) in [6.07, 6.45) is 5.22. The van der Waals surface area contributed by atoms with Crippen molar-refractivity contribution in [3.63, 3.8) is 0 Å². The molecule has 2 heterocycles. The third-order valence-corrected chi connectivity index (χ3v) is 8.68. The van der Waals surface area contributed by atoms with Gasteiger partial charge in [0.15, 0.2) is 0 Å². The van der Waals surface area contributed by atoms with E-state index in [2.05, 4.69) is 83.6 Å². The average Bonchev–Trinajstić information content (AvgIpc) is 2.64. The van der Waals surface area contributed by atoms with Crippen LogP contribution in [0, 0.1) is 0 Å². The minimum atomic E-state index is -0.202. The van der Waals surface area contributed by atoms with Gasteiger partial charge >= 0.3 is 0 Å². The molecule has 0 amide bonds. The zero-order valence-corrected chi connectivity index (χ0v) is 24.8. The predicted molar refractivity (Wildman–Crippen MR) is 140 cm³/mol. The van der Waals surface area contributed by atoms with Gasteiger partial charge in [0.25, 0.3) is 0 Å². The lowest BCUT2D eigenvalue weighted by molar-refractivity contribution is -0.936. The molecule has 0 unspecified atom stereocenters. The van der Waals surface area contributed by atoms with Crippen molar-refractivity contribution < 1.29 is 19.4 Å². The van der Waals surface area contributed by atoms with Crippen LogP contribution < -0.4 is 0 Å². The number of hydrogen-bond acceptors (Lipinski definition) is 4. The van der Waals surface area contributed by atoms with Crippen LogP contribution >= 0.6 is 0 Å². The van der Waals surface area contributed by atoms with Gasteiger partial charge in [0, 0.05) is 54.3 Å². The van der Waals surface area contributed by atoms with Crippen LogP contribution in [-0.2, 0) is 0 Å². The van der Waals surface area contributed by atoms with Crippen molar-refractivity contribution in [2.45, 2.75) is 136 Å². The summed E-state index contributed by atoms with van der Waals surface area (Å²) in [5.74, 6) is 0. The quantitative estimate of drug-likeness (QED) is 0.510. The third kappa shape index (κ3) is 6.92. The first-order valence-corrected chi connectivity index (χ1v) is 13.3. The summed E-state index contributed by atoms with van der Waals surface area (Å²) < 4.78 is 2.01. The Balaban J connectivity index is 0.00000265. The molecule has 0 spiro atoms. The molecule has 2 aliphatic rings. The second-order valence-electron chi connectivity index (χ2n) is 14.4. The highest BCUT2D eigenvalue weighted by Crippen LogP contribution is 2.41. The van der Waals surface area contributed by atoms with E-state index >= 15 is 0 Å². The van der Waals surface area contributed by atoms with Crippen LogP contribution in [0.3, 0.4) is 0 Å². The fourth-order valence-corrected chi connectivity index (χ4v) is 6.67. The van der Waals surface area contributed by atoms with Gasteiger partial charge in [-0.2, -0.15) is 10.1 Å². The van der Waals surface area contributed by atoms with E-state index in [0.717, 1.165) is 47.7 Å². The summed E-state index contributed by atoms with van der Waals surface area (Å²) in [6, 6.07) is 1.08. The Kier molecular flexibility index (Phi) is 9.35. The smallest absolute Gasteiger partial charge is 0.0923 e. The molecule has 0 radical (unpaired) electrons. The van der Waals surface area contributed by atoms with Crippen LogP contribution in [0.4, 0.5) is 0 Å². The van der Waals surface area contributed by atoms with Gasteiger partial charge in [0.2, 0.25) is 0 Å². The molecule has 2 fully saturated rings. The van der Waals surface area contributed by atoms with E-state index in [1.54, 1.807) is 10.1 Å². The maximum Gasteiger partial charge on any atom is 0.0923 e. The van der Waals surface area contributed by atoms with Crippen LogP contribution in [0.5, 0.6) is 0 Å². The largest absolute Gasteiger partial charge is 0.326 e. The first-order chi connectivity index (χ1) is 14.6. The topological polar surface area (TPSA) is 46.9 Å². The zero-order chi connectivity index (χ0) is 26.3. The average molecular weight is 473 g/mol. The monoisotopic (exact) mass is 472 g/mol. The summed E-state index contributed by atoms with van der Waals surface area (Å²) in [7, 11) is 9.50. The summed E-state index contributed by atoms with van der Waals surface area (Å²) >= 11 is 0. The molecule has 0 aromatic heterocycles. The lowest BCUT2D eigenvalue weighted by Gasteiger charge is -2.55. The van der Waals surface area contributed by atoms with Gasteiger partial charge in [-0.1, -0.05) is 13.8 Å². The number of rotatable bonds is 6. The Morgan fingerprint density at radius 1 is 0.576 bits per heavy atom. The molecule has 0 aromatic carbocycles. The molecule has 2 saturated heterocycles. The van der Waals surface area contributed by atoms with Gasteiger partial charge in [-0.05, 0) is 55.4 Å². The van der Waals surface area contributed by atoms with E-state index in [0.29, 0.717) is 12.1 Å². The Morgan fingerprint density at radius 2 is 0.788 bits per heavy atom. The SMILES string of the molecule is CC.CC1(C)CC([N+](C)(C)CCC[N+](C)(C)C2CC(C)(C)N(O)C(C)(C)C2)CC(C)(C)N1O. The third-order valence-electron chi connectivity index (χ3n) is 8.68. The van der Waals surface area contributed by atoms with E-state index in [1.807, 2.05) is 13.8 Å². The summed E-state index contributed by atoms with van der Waals surface area (Å²) in [4.78, 5) is 0. The van der Waals surface area contributed by atoms with Crippen molar-refractivity contribution in [3.8, 4) is 0 Å². The minimum Gasteiger partial charge on any atom is -0.326 e. The molecular weight excluding hydrogens is 412 g/mol. The predicted octanol–water partition coefficient (Wildman–Crippen LogP) is 5.38. The molecule has 2 rings (SSSR count). The minimum absolute atomic E-state index is 0.202. The molecule has 2 aliphatic heterocycles. The lowest BCUT2D eigenvalue weighted by Crippen LogP contribution is -2.67. The molecule has 6 nitrogen and oxygen atoms in total. The fraction of sp³-hybridized carbons (Fsp3) is 1.00. The fourth-order valence-electron chi connectivity index (χ4n) is 6.67. The van der Waals surface area contributed by atoms with E-state index < -0.39 is 0 Å². The highest BCUT2D eigenvalue weighted by molar-refractivity contribution is 4.98. The van der Waals surface area contributed by atoms with Crippen molar-refractivity contribution in [1.29, 1.82) is 0 Å². The number of piperidine rings is 2. The Labute approximate surface area is 206 Å². The molecule has 33 heavy (non-hydrogen) atoms. The Bertz CT molecular complexity index is 550. The molecule has 2 N–H and O–H groups in total. The highest BCUT2D eigenvalue weighted by atomic mass is 16.5. The second-order valence-corrected chi connectivity index (χ2v) is 14.4. The zero-order valence-electron chi connectivity index (χ0n) is 24.8. The van der Waals surface area contributed by atoms with Crippen molar-refractivity contribution >= 4 is 0 Å². The summed E-state index contributed by atoms with van der Waals surface area (Å²) in [5, 5.41) is 24.5. The summed E-state index contributed by atoms with van der Waals surface area (Å²) in [5.41, 5.74) is -0.807.